The molecule has 1 nitrogen and oxygen atoms in total. The first-order chi connectivity index (χ1) is 14.1. The molecule has 0 spiro atoms. The van der Waals surface area contributed by atoms with Crippen LogP contribution in [0.15, 0.2) is 72.8 Å². The molecule has 0 aliphatic carbocycles. The zero-order valence-corrected chi connectivity index (χ0v) is 18.1. The van der Waals surface area contributed by atoms with Crippen molar-refractivity contribution in [2.45, 2.75) is 76.0 Å². The van der Waals surface area contributed by atoms with Gasteiger partial charge >= 0.3 is 6.92 Å². The summed E-state index contributed by atoms with van der Waals surface area (Å²) in [6.45, 7) is 8.93. The zero-order valence-electron chi connectivity index (χ0n) is 18.1. The fourth-order valence-corrected chi connectivity index (χ4v) is 6.01. The maximum absolute atomic E-state index is 7.28. The Kier molecular flexibility index (Phi) is 6.30. The zero-order chi connectivity index (χ0) is 20.3. The van der Waals surface area contributed by atoms with E-state index in [9.17, 15) is 0 Å². The molecule has 4 rings (SSSR count). The first kappa shape index (κ1) is 20.5. The molecule has 0 unspecified atom stereocenters. The first-order valence-electron chi connectivity index (χ1n) is 11.5. The number of benzene rings is 2. The monoisotopic (exact) mass is 386 g/mol. The average molecular weight is 386 g/mol. The third-order valence-electron chi connectivity index (χ3n) is 7.23. The number of fused-ring (bicyclic) bond motifs is 3. The van der Waals surface area contributed by atoms with Crippen LogP contribution in [-0.4, -0.2) is 6.92 Å². The van der Waals surface area contributed by atoms with Crippen molar-refractivity contribution in [3.63, 3.8) is 0 Å². The molecule has 0 N–H and O–H groups in total. The van der Waals surface area contributed by atoms with Crippen molar-refractivity contribution in [2.24, 2.45) is 5.92 Å². The van der Waals surface area contributed by atoms with Gasteiger partial charge in [-0.25, -0.2) is 0 Å². The molecular weight excluding hydrogens is 351 g/mol. The molecule has 0 aromatic heterocycles. The Labute approximate surface area is 177 Å². The van der Waals surface area contributed by atoms with E-state index >= 15 is 0 Å². The van der Waals surface area contributed by atoms with Crippen LogP contribution in [0.4, 0.5) is 0 Å². The molecule has 2 fully saturated rings. The highest BCUT2D eigenvalue weighted by Gasteiger charge is 2.47. The van der Waals surface area contributed by atoms with Crippen molar-refractivity contribution in [2.75, 3.05) is 0 Å². The van der Waals surface area contributed by atoms with Gasteiger partial charge in [-0.15, -0.1) is 6.58 Å². The Balaban J connectivity index is 1.75. The van der Waals surface area contributed by atoms with E-state index in [0.717, 1.165) is 12.3 Å². The van der Waals surface area contributed by atoms with Crippen LogP contribution < -0.4 is 0 Å². The molecule has 0 saturated carbocycles. The highest BCUT2D eigenvalue weighted by molar-refractivity contribution is 6.56. The minimum atomic E-state index is -0.331. The third-order valence-corrected chi connectivity index (χ3v) is 7.23. The van der Waals surface area contributed by atoms with E-state index < -0.39 is 0 Å². The Morgan fingerprint density at radius 1 is 0.966 bits per heavy atom. The third kappa shape index (κ3) is 4.53. The predicted octanol–water partition coefficient (Wildman–Crippen LogP) is 7.55. The highest BCUT2D eigenvalue weighted by Crippen LogP contribution is 2.50. The highest BCUT2D eigenvalue weighted by atomic mass is 16.5. The lowest BCUT2D eigenvalue weighted by molar-refractivity contribution is 0.0769. The molecule has 2 bridgehead atoms. The second-order valence-electron chi connectivity index (χ2n) is 9.63. The number of rotatable bonds is 6. The molecular formula is C27H35BO. The summed E-state index contributed by atoms with van der Waals surface area (Å²) in [4.78, 5) is 0. The van der Waals surface area contributed by atoms with Gasteiger partial charge in [-0.2, -0.15) is 0 Å². The van der Waals surface area contributed by atoms with Gasteiger partial charge in [0.15, 0.2) is 0 Å². The van der Waals surface area contributed by atoms with Crippen molar-refractivity contribution in [1.82, 2.24) is 0 Å². The minimum absolute atomic E-state index is 0.275. The molecule has 2 saturated heterocycles. The van der Waals surface area contributed by atoms with E-state index in [2.05, 4.69) is 81.1 Å². The summed E-state index contributed by atoms with van der Waals surface area (Å²) in [6, 6.07) is 22.0. The van der Waals surface area contributed by atoms with Crippen LogP contribution in [0.25, 0.3) is 0 Å². The molecule has 2 aliphatic heterocycles. The van der Waals surface area contributed by atoms with Gasteiger partial charge in [0.1, 0.15) is 0 Å². The summed E-state index contributed by atoms with van der Waals surface area (Å²) in [6.07, 6.45) is 8.87. The first-order valence-corrected chi connectivity index (χ1v) is 11.5. The maximum atomic E-state index is 7.28. The van der Waals surface area contributed by atoms with Crippen LogP contribution in [0.1, 0.15) is 75.7 Å². The van der Waals surface area contributed by atoms with Crippen LogP contribution >= 0.6 is 0 Å². The van der Waals surface area contributed by atoms with Gasteiger partial charge in [0.05, 0.1) is 5.60 Å². The molecule has 2 heterocycles. The summed E-state index contributed by atoms with van der Waals surface area (Å²) < 4.78 is 7.28. The van der Waals surface area contributed by atoms with E-state index in [-0.39, 0.29) is 12.5 Å². The minimum Gasteiger partial charge on any atom is -0.426 e. The van der Waals surface area contributed by atoms with Gasteiger partial charge in [0.25, 0.3) is 0 Å². The molecule has 2 aromatic rings. The molecule has 2 aliphatic rings. The Morgan fingerprint density at radius 3 is 2.14 bits per heavy atom. The molecule has 2 atom stereocenters. The van der Waals surface area contributed by atoms with Gasteiger partial charge in [-0.05, 0) is 48.9 Å². The van der Waals surface area contributed by atoms with Crippen LogP contribution in [0.5, 0.6) is 0 Å². The summed E-state index contributed by atoms with van der Waals surface area (Å²) in [7, 11) is 0. The van der Waals surface area contributed by atoms with Gasteiger partial charge in [-0.3, -0.25) is 0 Å². The summed E-state index contributed by atoms with van der Waals surface area (Å²) >= 11 is 0. The quantitative estimate of drug-likeness (QED) is 0.368. The lowest BCUT2D eigenvalue weighted by Crippen LogP contribution is -2.41. The fourth-order valence-electron chi connectivity index (χ4n) is 6.01. The van der Waals surface area contributed by atoms with Crippen molar-refractivity contribution in [3.05, 3.63) is 83.9 Å². The molecule has 0 radical (unpaired) electrons. The van der Waals surface area contributed by atoms with Gasteiger partial charge < -0.3 is 4.65 Å². The van der Waals surface area contributed by atoms with Gasteiger partial charge in [-0.1, -0.05) is 105 Å². The normalized spacial score (nSPS) is 26.4. The predicted molar refractivity (Wildman–Crippen MR) is 124 cm³/mol. The maximum Gasteiger partial charge on any atom is 0.305 e. The van der Waals surface area contributed by atoms with E-state index in [1.807, 2.05) is 0 Å². The van der Waals surface area contributed by atoms with Crippen molar-refractivity contribution >= 4 is 6.92 Å². The smallest absolute Gasteiger partial charge is 0.305 e. The fraction of sp³-hybridized carbons (Fsp3) is 0.481. The van der Waals surface area contributed by atoms with E-state index in [0.29, 0.717) is 11.6 Å². The standard InChI is InChI=1S/C27H35BO/c1-21(2)20-27(3,24-16-8-5-9-17-24)29-28-25-18-10-14-23(15-11-19-25)26(28)22-12-6-4-7-13-22/h4-9,12-13,16-17,23,25-26H,1,10-11,14-15,18-20H2,2-3H3/t23?,25?,26-,27-/m1/s1. The van der Waals surface area contributed by atoms with Crippen LogP contribution in [-0.2, 0) is 10.3 Å². The second kappa shape index (κ2) is 8.92. The van der Waals surface area contributed by atoms with E-state index in [1.54, 1.807) is 0 Å². The van der Waals surface area contributed by atoms with Crippen molar-refractivity contribution in [3.8, 4) is 0 Å². The molecule has 0 amide bonds. The van der Waals surface area contributed by atoms with Gasteiger partial charge in [0, 0.05) is 0 Å². The SMILES string of the molecule is C=C(C)C[C@@](C)(OB1C2CCCC(CCC2)[C@H]1c1ccccc1)c1ccccc1. The van der Waals surface area contributed by atoms with Crippen LogP contribution in [0.3, 0.4) is 0 Å². The van der Waals surface area contributed by atoms with Crippen LogP contribution in [0, 0.1) is 5.92 Å². The lowest BCUT2D eigenvalue weighted by atomic mass is 9.43. The Morgan fingerprint density at radius 2 is 1.55 bits per heavy atom. The summed E-state index contributed by atoms with van der Waals surface area (Å²) in [5, 5.41) is 0. The van der Waals surface area contributed by atoms with Crippen molar-refractivity contribution < 1.29 is 4.65 Å². The van der Waals surface area contributed by atoms with E-state index in [4.69, 9.17) is 4.65 Å². The lowest BCUT2D eigenvalue weighted by Gasteiger charge is -2.40. The molecule has 29 heavy (non-hydrogen) atoms. The topological polar surface area (TPSA) is 9.23 Å². The number of hydrogen-bond acceptors (Lipinski definition) is 1. The van der Waals surface area contributed by atoms with Gasteiger partial charge in [0.2, 0.25) is 0 Å². The molecule has 2 aromatic carbocycles. The van der Waals surface area contributed by atoms with E-state index in [1.165, 1.54) is 55.2 Å². The second-order valence-corrected chi connectivity index (χ2v) is 9.63. The summed E-state index contributed by atoms with van der Waals surface area (Å²) in [5.74, 6) is 1.89. The Bertz CT molecular complexity index is 792. The average Bonchev–Trinajstić information content (AvgIpc) is 2.96. The van der Waals surface area contributed by atoms with Crippen molar-refractivity contribution in [1.29, 1.82) is 0 Å². The molecule has 2 heteroatoms. The Hall–Kier alpha value is -1.80. The molecule has 152 valence electrons. The summed E-state index contributed by atoms with van der Waals surface area (Å²) in [5.41, 5.74) is 3.60. The largest absolute Gasteiger partial charge is 0.426 e. The van der Waals surface area contributed by atoms with Crippen LogP contribution in [0.2, 0.25) is 5.82 Å². The number of hydrogen-bond donors (Lipinski definition) is 0.